The van der Waals surface area contributed by atoms with Crippen molar-refractivity contribution in [3.8, 4) is 12.3 Å². The smallest absolute Gasteiger partial charge is 0.0598 e. The largest absolute Gasteiger partial charge is 0.309 e. The zero-order chi connectivity index (χ0) is 12.1. The van der Waals surface area contributed by atoms with Crippen LogP contribution in [0.25, 0.3) is 0 Å². The molecule has 0 aliphatic carbocycles. The number of thiophene rings is 1. The van der Waals surface area contributed by atoms with Crippen molar-refractivity contribution < 1.29 is 0 Å². The third kappa shape index (κ3) is 4.11. The van der Waals surface area contributed by atoms with Gasteiger partial charge in [0, 0.05) is 40.4 Å². The molecule has 1 saturated heterocycles. The zero-order valence-electron chi connectivity index (χ0n) is 9.79. The third-order valence-electron chi connectivity index (χ3n) is 3.09. The van der Waals surface area contributed by atoms with E-state index in [1.807, 2.05) is 0 Å². The normalized spacial score (nSPS) is 18.1. The SMILES string of the molecule is C#CCN1CCC(NCc2cc(Br)cs2)CC1. The van der Waals surface area contributed by atoms with Gasteiger partial charge in [0.05, 0.1) is 6.54 Å². The summed E-state index contributed by atoms with van der Waals surface area (Å²) in [5.41, 5.74) is 0. The maximum Gasteiger partial charge on any atom is 0.0598 e. The lowest BCUT2D eigenvalue weighted by atomic mass is 10.1. The number of nitrogens with zero attached hydrogens (tertiary/aromatic N) is 1. The Kier molecular flexibility index (Phi) is 5.05. The molecule has 92 valence electrons. The molecule has 1 aliphatic rings. The second kappa shape index (κ2) is 6.55. The van der Waals surface area contributed by atoms with Gasteiger partial charge in [-0.25, -0.2) is 0 Å². The number of likely N-dealkylation sites (tertiary alicyclic amines) is 1. The molecule has 1 N–H and O–H groups in total. The second-order valence-corrected chi connectivity index (χ2v) is 6.28. The van der Waals surface area contributed by atoms with Crippen molar-refractivity contribution >= 4 is 27.3 Å². The lowest BCUT2D eigenvalue weighted by Crippen LogP contribution is -2.42. The molecule has 0 bridgehead atoms. The van der Waals surface area contributed by atoms with Crippen molar-refractivity contribution in [2.45, 2.75) is 25.4 Å². The fourth-order valence-corrected chi connectivity index (χ4v) is 3.52. The first-order valence-electron chi connectivity index (χ1n) is 5.90. The van der Waals surface area contributed by atoms with Crippen LogP contribution in [0.4, 0.5) is 0 Å². The van der Waals surface area contributed by atoms with Crippen molar-refractivity contribution in [3.63, 3.8) is 0 Å². The van der Waals surface area contributed by atoms with Gasteiger partial charge >= 0.3 is 0 Å². The van der Waals surface area contributed by atoms with Crippen molar-refractivity contribution in [1.29, 1.82) is 0 Å². The Hall–Kier alpha value is -0.340. The quantitative estimate of drug-likeness (QED) is 0.860. The summed E-state index contributed by atoms with van der Waals surface area (Å²) in [6.07, 6.45) is 7.73. The monoisotopic (exact) mass is 312 g/mol. The number of rotatable bonds is 4. The van der Waals surface area contributed by atoms with E-state index in [4.69, 9.17) is 6.42 Å². The molecule has 1 aromatic rings. The minimum atomic E-state index is 0.643. The summed E-state index contributed by atoms with van der Waals surface area (Å²) in [5, 5.41) is 5.76. The fourth-order valence-electron chi connectivity index (χ4n) is 2.12. The maximum absolute atomic E-state index is 5.32. The predicted molar refractivity (Wildman–Crippen MR) is 77.2 cm³/mol. The molecule has 1 aliphatic heterocycles. The molecule has 0 amide bonds. The molecule has 0 aromatic carbocycles. The van der Waals surface area contributed by atoms with E-state index in [2.05, 4.69) is 43.5 Å². The van der Waals surface area contributed by atoms with Crippen LogP contribution in [-0.2, 0) is 6.54 Å². The van der Waals surface area contributed by atoms with Crippen molar-refractivity contribution in [2.75, 3.05) is 19.6 Å². The van der Waals surface area contributed by atoms with Crippen LogP contribution >= 0.6 is 27.3 Å². The second-order valence-electron chi connectivity index (χ2n) is 4.37. The summed E-state index contributed by atoms with van der Waals surface area (Å²) in [6.45, 7) is 4.02. The first-order valence-corrected chi connectivity index (χ1v) is 7.57. The molecule has 0 radical (unpaired) electrons. The van der Waals surface area contributed by atoms with Crippen LogP contribution in [0.1, 0.15) is 17.7 Å². The van der Waals surface area contributed by atoms with Crippen LogP contribution in [0, 0.1) is 12.3 Å². The van der Waals surface area contributed by atoms with Crippen LogP contribution in [0.15, 0.2) is 15.9 Å². The van der Waals surface area contributed by atoms with Crippen LogP contribution in [0.2, 0.25) is 0 Å². The standard InChI is InChI=1S/C13H17BrN2S/c1-2-5-16-6-3-12(4-7-16)15-9-13-8-11(14)10-17-13/h1,8,10,12,15H,3-7,9H2. The summed E-state index contributed by atoms with van der Waals surface area (Å²) < 4.78 is 1.18. The maximum atomic E-state index is 5.32. The Morgan fingerprint density at radius 1 is 1.53 bits per heavy atom. The highest BCUT2D eigenvalue weighted by atomic mass is 79.9. The number of halogens is 1. The van der Waals surface area contributed by atoms with Crippen LogP contribution in [0.3, 0.4) is 0 Å². The summed E-state index contributed by atoms with van der Waals surface area (Å²) >= 11 is 5.28. The molecule has 0 saturated carbocycles. The highest BCUT2D eigenvalue weighted by Gasteiger charge is 2.17. The van der Waals surface area contributed by atoms with Gasteiger partial charge in [-0.2, -0.15) is 0 Å². The third-order valence-corrected chi connectivity index (χ3v) is 4.79. The summed E-state index contributed by atoms with van der Waals surface area (Å²) in [4.78, 5) is 3.74. The number of terminal acetylenes is 1. The van der Waals surface area contributed by atoms with E-state index >= 15 is 0 Å². The fraction of sp³-hybridized carbons (Fsp3) is 0.538. The molecule has 1 aromatic heterocycles. The van der Waals surface area contributed by atoms with Crippen LogP contribution < -0.4 is 5.32 Å². The molecule has 0 atom stereocenters. The van der Waals surface area contributed by atoms with Crippen LogP contribution in [-0.4, -0.2) is 30.6 Å². The van der Waals surface area contributed by atoms with Gasteiger partial charge in [-0.05, 0) is 34.8 Å². The lowest BCUT2D eigenvalue weighted by molar-refractivity contribution is 0.217. The van der Waals surface area contributed by atoms with Gasteiger partial charge in [0.1, 0.15) is 0 Å². The van der Waals surface area contributed by atoms with E-state index in [1.54, 1.807) is 11.3 Å². The summed E-state index contributed by atoms with van der Waals surface area (Å²) in [6, 6.07) is 2.83. The molecule has 0 spiro atoms. The molecule has 4 heteroatoms. The number of piperidine rings is 1. The molecular formula is C13H17BrN2S. The summed E-state index contributed by atoms with van der Waals surface area (Å²) in [7, 11) is 0. The molecule has 2 rings (SSSR count). The van der Waals surface area contributed by atoms with Gasteiger partial charge in [-0.15, -0.1) is 17.8 Å². The highest BCUT2D eigenvalue weighted by Crippen LogP contribution is 2.20. The Bertz CT molecular complexity index is 388. The molecule has 0 unspecified atom stereocenters. The lowest BCUT2D eigenvalue weighted by Gasteiger charge is -2.31. The van der Waals surface area contributed by atoms with Gasteiger partial charge in [0.15, 0.2) is 0 Å². The topological polar surface area (TPSA) is 15.3 Å². The van der Waals surface area contributed by atoms with Gasteiger partial charge in [0.2, 0.25) is 0 Å². The molecule has 2 nitrogen and oxygen atoms in total. The molecule has 17 heavy (non-hydrogen) atoms. The molecule has 1 fully saturated rings. The number of hydrogen-bond donors (Lipinski definition) is 1. The van der Waals surface area contributed by atoms with Crippen molar-refractivity contribution in [2.24, 2.45) is 0 Å². The minimum absolute atomic E-state index is 0.643. The van der Waals surface area contributed by atoms with E-state index in [-0.39, 0.29) is 0 Å². The highest BCUT2D eigenvalue weighted by molar-refractivity contribution is 9.10. The average Bonchev–Trinajstić information content (AvgIpc) is 2.75. The predicted octanol–water partition coefficient (Wildman–Crippen LogP) is 2.70. The number of hydrogen-bond acceptors (Lipinski definition) is 3. The van der Waals surface area contributed by atoms with Gasteiger partial charge in [-0.3, -0.25) is 4.90 Å². The summed E-state index contributed by atoms with van der Waals surface area (Å²) in [5.74, 6) is 2.71. The first-order chi connectivity index (χ1) is 8.28. The Morgan fingerprint density at radius 3 is 2.88 bits per heavy atom. The molecular weight excluding hydrogens is 296 g/mol. The number of nitrogens with one attached hydrogen (secondary N) is 1. The average molecular weight is 313 g/mol. The van der Waals surface area contributed by atoms with E-state index in [9.17, 15) is 0 Å². The van der Waals surface area contributed by atoms with Crippen molar-refractivity contribution in [3.05, 3.63) is 20.8 Å². The van der Waals surface area contributed by atoms with Crippen molar-refractivity contribution in [1.82, 2.24) is 10.2 Å². The minimum Gasteiger partial charge on any atom is -0.309 e. The molecule has 2 heterocycles. The van der Waals surface area contributed by atoms with Crippen LogP contribution in [0.5, 0.6) is 0 Å². The zero-order valence-corrected chi connectivity index (χ0v) is 12.2. The van der Waals surface area contributed by atoms with E-state index in [0.29, 0.717) is 6.04 Å². The van der Waals surface area contributed by atoms with Gasteiger partial charge in [0.25, 0.3) is 0 Å². The first kappa shape index (κ1) is 13.1. The Balaban J connectivity index is 1.70. The van der Waals surface area contributed by atoms with E-state index in [1.165, 1.54) is 22.2 Å². The Morgan fingerprint density at radius 2 is 2.29 bits per heavy atom. The Labute approximate surface area is 116 Å². The van der Waals surface area contributed by atoms with Gasteiger partial charge < -0.3 is 5.32 Å². The van der Waals surface area contributed by atoms with E-state index in [0.717, 1.165) is 26.2 Å². The van der Waals surface area contributed by atoms with E-state index < -0.39 is 0 Å². The van der Waals surface area contributed by atoms with Gasteiger partial charge in [-0.1, -0.05) is 5.92 Å².